The summed E-state index contributed by atoms with van der Waals surface area (Å²) in [5.74, 6) is 0. The topological polar surface area (TPSA) is 12.4 Å². The molecule has 0 amide bonds. The first-order valence-electron chi connectivity index (χ1n) is 6.63. The molecule has 0 saturated carbocycles. The number of hydrogen-bond acceptors (Lipinski definition) is 2. The van der Waals surface area contributed by atoms with E-state index < -0.39 is 8.07 Å². The minimum absolute atomic E-state index is 0.411. The molecule has 1 nitrogen and oxygen atoms in total. The van der Waals surface area contributed by atoms with Gasteiger partial charge in [0.1, 0.15) is 0 Å². The van der Waals surface area contributed by atoms with Crippen LogP contribution in [0.2, 0.25) is 19.6 Å². The van der Waals surface area contributed by atoms with E-state index in [1.54, 1.807) is 0 Å². The summed E-state index contributed by atoms with van der Waals surface area (Å²) in [7, 11) is -1.17. The van der Waals surface area contributed by atoms with Crippen molar-refractivity contribution in [1.29, 1.82) is 0 Å². The van der Waals surface area contributed by atoms with Gasteiger partial charge in [-0.1, -0.05) is 37.8 Å². The van der Waals surface area contributed by atoms with Gasteiger partial charge in [-0.15, -0.1) is 11.8 Å². The Morgan fingerprint density at radius 1 is 1.17 bits per heavy atom. The molecular weight excluding hydrogens is 254 g/mol. The van der Waals surface area contributed by atoms with Crippen LogP contribution in [0.4, 0.5) is 0 Å². The van der Waals surface area contributed by atoms with Gasteiger partial charge in [0.05, 0.1) is 8.07 Å². The minimum atomic E-state index is -1.17. The minimum Gasteiger partial charge on any atom is -0.295 e. The van der Waals surface area contributed by atoms with E-state index in [1.807, 2.05) is 11.8 Å². The smallest absolute Gasteiger partial charge is 0.0596 e. The van der Waals surface area contributed by atoms with E-state index >= 15 is 0 Å². The third-order valence-corrected chi connectivity index (χ3v) is 8.37. The first-order chi connectivity index (χ1) is 8.39. The molecule has 0 bridgehead atoms. The second-order valence-electron chi connectivity index (χ2n) is 5.95. The molecule has 0 aromatic heterocycles. The fourth-order valence-electron chi connectivity index (χ4n) is 1.61. The molecule has 0 aliphatic rings. The van der Waals surface area contributed by atoms with Gasteiger partial charge in [0.2, 0.25) is 0 Å². The fraction of sp³-hybridized carbons (Fsp3) is 0.533. The highest BCUT2D eigenvalue weighted by Crippen LogP contribution is 2.31. The molecule has 1 aromatic carbocycles. The van der Waals surface area contributed by atoms with Crippen molar-refractivity contribution in [2.45, 2.75) is 55.7 Å². The van der Waals surface area contributed by atoms with Crippen LogP contribution in [0.1, 0.15) is 20.3 Å². The van der Waals surface area contributed by atoms with Crippen molar-refractivity contribution < 1.29 is 0 Å². The monoisotopic (exact) mass is 279 g/mol. The number of nitrogens with zero attached hydrogens (tertiary/aromatic N) is 1. The summed E-state index contributed by atoms with van der Waals surface area (Å²) in [6, 6.07) is 11.1. The van der Waals surface area contributed by atoms with Crippen molar-refractivity contribution in [3.63, 3.8) is 0 Å². The number of hydrogen-bond donors (Lipinski definition) is 0. The maximum absolute atomic E-state index is 4.50. The predicted molar refractivity (Wildman–Crippen MR) is 87.7 cm³/mol. The van der Waals surface area contributed by atoms with Crippen molar-refractivity contribution in [2.75, 3.05) is 0 Å². The van der Waals surface area contributed by atoms with Gasteiger partial charge in [-0.25, -0.2) is 0 Å². The molecule has 0 heterocycles. The summed E-state index contributed by atoms with van der Waals surface area (Å²) >= 11 is 2.02. The highest BCUT2D eigenvalue weighted by atomic mass is 32.2. The molecular formula is C15H25NSSi. The van der Waals surface area contributed by atoms with Crippen LogP contribution in [0.5, 0.6) is 0 Å². The Morgan fingerprint density at radius 3 is 2.28 bits per heavy atom. The normalized spacial score (nSPS) is 14.3. The first-order valence-corrected chi connectivity index (χ1v) is 11.1. The van der Waals surface area contributed by atoms with E-state index in [9.17, 15) is 0 Å². The largest absolute Gasteiger partial charge is 0.295 e. The number of aliphatic imine (C=N–C) groups is 1. The van der Waals surface area contributed by atoms with Crippen molar-refractivity contribution in [3.8, 4) is 0 Å². The maximum atomic E-state index is 4.50. The maximum Gasteiger partial charge on any atom is 0.0596 e. The Balaban J connectivity index is 2.68. The summed E-state index contributed by atoms with van der Waals surface area (Å²) in [6.07, 6.45) is 3.22. The fourth-order valence-corrected chi connectivity index (χ4v) is 5.07. The summed E-state index contributed by atoms with van der Waals surface area (Å²) in [5.41, 5.74) is 0. The second kappa shape index (κ2) is 7.15. The molecule has 1 rings (SSSR count). The standard InChI is InChI=1S/C15H25NSSi/c1-13(2)16-12-11-15(18(3,4)5)17-14-9-7-6-8-10-14/h6-10,12-13,15H,11H2,1-5H3. The van der Waals surface area contributed by atoms with Crippen LogP contribution >= 0.6 is 11.8 Å². The molecule has 0 radical (unpaired) electrons. The summed E-state index contributed by atoms with van der Waals surface area (Å²) in [4.78, 5) is 6.58. The van der Waals surface area contributed by atoms with E-state index in [4.69, 9.17) is 0 Å². The van der Waals surface area contributed by atoms with Gasteiger partial charge in [0.15, 0.2) is 0 Å². The van der Waals surface area contributed by atoms with E-state index in [1.165, 1.54) is 4.90 Å². The Morgan fingerprint density at radius 2 is 1.78 bits per heavy atom. The molecule has 1 unspecified atom stereocenters. The lowest BCUT2D eigenvalue weighted by molar-refractivity contribution is 0.836. The highest BCUT2D eigenvalue weighted by Gasteiger charge is 2.26. The predicted octanol–water partition coefficient (Wildman–Crippen LogP) is 4.89. The van der Waals surface area contributed by atoms with Crippen molar-refractivity contribution >= 4 is 26.1 Å². The van der Waals surface area contributed by atoms with Crippen LogP contribution in [0, 0.1) is 0 Å². The third-order valence-electron chi connectivity index (χ3n) is 2.71. The zero-order valence-corrected chi connectivity index (χ0v) is 14.0. The molecule has 0 aliphatic carbocycles. The van der Waals surface area contributed by atoms with Crippen LogP contribution in [0.25, 0.3) is 0 Å². The first kappa shape index (κ1) is 15.5. The van der Waals surface area contributed by atoms with Gasteiger partial charge in [0.25, 0.3) is 0 Å². The Hall–Kier alpha value is -0.543. The molecule has 0 N–H and O–H groups in total. The van der Waals surface area contributed by atoms with Crippen molar-refractivity contribution in [3.05, 3.63) is 30.3 Å². The van der Waals surface area contributed by atoms with E-state index in [2.05, 4.69) is 75.0 Å². The average Bonchev–Trinajstić information content (AvgIpc) is 2.27. The number of benzene rings is 1. The quantitative estimate of drug-likeness (QED) is 0.410. The van der Waals surface area contributed by atoms with E-state index in [-0.39, 0.29) is 0 Å². The summed E-state index contributed by atoms with van der Waals surface area (Å²) in [5, 5.41) is 0. The van der Waals surface area contributed by atoms with Gasteiger partial charge in [-0.2, -0.15) is 0 Å². The van der Waals surface area contributed by atoms with Gasteiger partial charge < -0.3 is 0 Å². The second-order valence-corrected chi connectivity index (χ2v) is 13.1. The van der Waals surface area contributed by atoms with Crippen molar-refractivity contribution in [1.82, 2.24) is 0 Å². The van der Waals surface area contributed by atoms with Crippen LogP contribution in [0.3, 0.4) is 0 Å². The van der Waals surface area contributed by atoms with Crippen LogP contribution in [-0.2, 0) is 0 Å². The van der Waals surface area contributed by atoms with Gasteiger partial charge in [-0.05, 0) is 38.6 Å². The lowest BCUT2D eigenvalue weighted by Gasteiger charge is -2.27. The molecule has 0 saturated heterocycles. The Kier molecular flexibility index (Phi) is 6.16. The van der Waals surface area contributed by atoms with Crippen LogP contribution in [-0.4, -0.2) is 25.2 Å². The molecule has 18 heavy (non-hydrogen) atoms. The molecule has 0 aliphatic heterocycles. The molecule has 100 valence electrons. The average molecular weight is 280 g/mol. The van der Waals surface area contributed by atoms with Gasteiger partial charge in [0, 0.05) is 15.8 Å². The Labute approximate surface area is 117 Å². The summed E-state index contributed by atoms with van der Waals surface area (Å²) in [6.45, 7) is 11.6. The zero-order chi connectivity index (χ0) is 13.6. The summed E-state index contributed by atoms with van der Waals surface area (Å²) < 4.78 is 0. The Bertz CT molecular complexity index is 368. The molecule has 3 heteroatoms. The zero-order valence-electron chi connectivity index (χ0n) is 12.2. The van der Waals surface area contributed by atoms with Crippen LogP contribution in [0.15, 0.2) is 40.2 Å². The van der Waals surface area contributed by atoms with E-state index in [0.29, 0.717) is 10.9 Å². The number of rotatable bonds is 6. The van der Waals surface area contributed by atoms with E-state index in [0.717, 1.165) is 6.42 Å². The lowest BCUT2D eigenvalue weighted by atomic mass is 10.4. The van der Waals surface area contributed by atoms with Gasteiger partial charge in [-0.3, -0.25) is 4.99 Å². The number of thioether (sulfide) groups is 1. The molecule has 1 aromatic rings. The third kappa shape index (κ3) is 5.87. The molecule has 0 fully saturated rings. The van der Waals surface area contributed by atoms with Crippen molar-refractivity contribution in [2.24, 2.45) is 4.99 Å². The SMILES string of the molecule is CC(C)N=CCC(Sc1ccccc1)[Si](C)(C)C. The van der Waals surface area contributed by atoms with Gasteiger partial charge >= 0.3 is 0 Å². The molecule has 0 spiro atoms. The molecule has 1 atom stereocenters. The highest BCUT2D eigenvalue weighted by molar-refractivity contribution is 8.01. The van der Waals surface area contributed by atoms with Crippen LogP contribution < -0.4 is 0 Å². The lowest BCUT2D eigenvalue weighted by Crippen LogP contribution is -2.36.